The molecule has 0 heterocycles. The third kappa shape index (κ3) is 2.83. The van der Waals surface area contributed by atoms with E-state index in [1.807, 2.05) is 12.1 Å². The predicted octanol–water partition coefficient (Wildman–Crippen LogP) is 3.15. The highest BCUT2D eigenvalue weighted by Gasteiger charge is 2.26. The Morgan fingerprint density at radius 1 is 1.50 bits per heavy atom. The summed E-state index contributed by atoms with van der Waals surface area (Å²) in [4.78, 5) is 11.2. The molecule has 1 aliphatic rings. The number of allylic oxidation sites excluding steroid dienone is 2. The van der Waals surface area contributed by atoms with E-state index in [1.165, 1.54) is 0 Å². The molecule has 0 amide bonds. The van der Waals surface area contributed by atoms with Crippen molar-refractivity contribution in [2.75, 3.05) is 7.11 Å². The number of benzene rings is 1. The summed E-state index contributed by atoms with van der Waals surface area (Å²) >= 11 is 0. The fourth-order valence-corrected chi connectivity index (χ4v) is 2.74. The standard InChI is InChI=1S/C16H17NO3/c1-20-15-9-8-12(14(15)10-17)7-6-11-4-2-3-5-13(11)16(18)19/h2-5,12H,6-9H2,1H3,(H,18,19). The van der Waals surface area contributed by atoms with Gasteiger partial charge in [0, 0.05) is 6.42 Å². The number of carboxylic acid groups (broad SMARTS) is 1. The molecule has 1 aromatic rings. The first-order chi connectivity index (χ1) is 9.67. The Balaban J connectivity index is 2.09. The van der Waals surface area contributed by atoms with Gasteiger partial charge in [0.25, 0.3) is 0 Å². The molecule has 104 valence electrons. The van der Waals surface area contributed by atoms with Crippen molar-refractivity contribution < 1.29 is 14.6 Å². The van der Waals surface area contributed by atoms with Crippen LogP contribution in [0.3, 0.4) is 0 Å². The number of carboxylic acids is 1. The van der Waals surface area contributed by atoms with Gasteiger partial charge in [-0.05, 0) is 36.8 Å². The van der Waals surface area contributed by atoms with Gasteiger partial charge in [-0.2, -0.15) is 5.26 Å². The van der Waals surface area contributed by atoms with Crippen molar-refractivity contribution in [1.82, 2.24) is 0 Å². The molecule has 0 saturated carbocycles. The minimum absolute atomic E-state index is 0.178. The lowest BCUT2D eigenvalue weighted by atomic mass is 9.92. The SMILES string of the molecule is COC1=C(C#N)C(CCc2ccccc2C(=O)O)CC1. The maximum absolute atomic E-state index is 11.2. The average Bonchev–Trinajstić information content (AvgIpc) is 2.87. The van der Waals surface area contributed by atoms with E-state index in [0.717, 1.165) is 36.2 Å². The molecule has 0 fully saturated rings. The molecule has 4 nitrogen and oxygen atoms in total. The van der Waals surface area contributed by atoms with Crippen molar-refractivity contribution in [1.29, 1.82) is 5.26 Å². The zero-order chi connectivity index (χ0) is 14.5. The molecule has 1 N–H and O–H groups in total. The fourth-order valence-electron chi connectivity index (χ4n) is 2.74. The molecule has 1 aromatic carbocycles. The molecule has 0 radical (unpaired) electrons. The summed E-state index contributed by atoms with van der Waals surface area (Å²) in [7, 11) is 1.59. The third-order valence-electron chi connectivity index (χ3n) is 3.81. The first kappa shape index (κ1) is 14.1. The molecule has 4 heteroatoms. The second kappa shape index (κ2) is 6.25. The minimum Gasteiger partial charge on any atom is -0.500 e. The Bertz CT molecular complexity index is 584. The number of aryl methyl sites for hydroxylation is 1. The largest absolute Gasteiger partial charge is 0.500 e. The normalized spacial score (nSPS) is 17.9. The number of hydrogen-bond donors (Lipinski definition) is 1. The van der Waals surface area contributed by atoms with Gasteiger partial charge >= 0.3 is 5.97 Å². The molecule has 1 unspecified atom stereocenters. The number of aromatic carboxylic acids is 1. The van der Waals surface area contributed by atoms with Gasteiger partial charge < -0.3 is 9.84 Å². The number of hydrogen-bond acceptors (Lipinski definition) is 3. The van der Waals surface area contributed by atoms with Crippen molar-refractivity contribution in [2.45, 2.75) is 25.7 Å². The van der Waals surface area contributed by atoms with E-state index in [2.05, 4.69) is 6.07 Å². The summed E-state index contributed by atoms with van der Waals surface area (Å²) in [5.41, 5.74) is 1.89. The first-order valence-corrected chi connectivity index (χ1v) is 6.65. The van der Waals surface area contributed by atoms with E-state index >= 15 is 0 Å². The summed E-state index contributed by atoms with van der Waals surface area (Å²) in [6.45, 7) is 0. The molecule has 2 rings (SSSR count). The van der Waals surface area contributed by atoms with Gasteiger partial charge in [-0.15, -0.1) is 0 Å². The van der Waals surface area contributed by atoms with Crippen LogP contribution < -0.4 is 0 Å². The van der Waals surface area contributed by atoms with Crippen LogP contribution in [0, 0.1) is 17.2 Å². The number of ether oxygens (including phenoxy) is 1. The zero-order valence-corrected chi connectivity index (χ0v) is 11.4. The van der Waals surface area contributed by atoms with Crippen LogP contribution in [0.5, 0.6) is 0 Å². The lowest BCUT2D eigenvalue weighted by molar-refractivity contribution is 0.0695. The minimum atomic E-state index is -0.902. The van der Waals surface area contributed by atoms with Crippen molar-refractivity contribution in [3.63, 3.8) is 0 Å². The average molecular weight is 271 g/mol. The molecule has 20 heavy (non-hydrogen) atoms. The highest BCUT2D eigenvalue weighted by Crippen LogP contribution is 2.35. The van der Waals surface area contributed by atoms with E-state index in [1.54, 1.807) is 19.2 Å². The first-order valence-electron chi connectivity index (χ1n) is 6.65. The Labute approximate surface area is 118 Å². The van der Waals surface area contributed by atoms with Crippen LogP contribution in [-0.4, -0.2) is 18.2 Å². The van der Waals surface area contributed by atoms with Crippen molar-refractivity contribution in [3.8, 4) is 6.07 Å². The third-order valence-corrected chi connectivity index (χ3v) is 3.81. The number of rotatable bonds is 5. The lowest BCUT2D eigenvalue weighted by Crippen LogP contribution is -2.06. The van der Waals surface area contributed by atoms with Crippen molar-refractivity contribution >= 4 is 5.97 Å². The van der Waals surface area contributed by atoms with Gasteiger partial charge in [0.2, 0.25) is 0 Å². The highest BCUT2D eigenvalue weighted by molar-refractivity contribution is 5.89. The monoisotopic (exact) mass is 271 g/mol. The predicted molar refractivity (Wildman–Crippen MR) is 74.1 cm³/mol. The maximum Gasteiger partial charge on any atom is 0.335 e. The van der Waals surface area contributed by atoms with Gasteiger partial charge in [0.15, 0.2) is 0 Å². The summed E-state index contributed by atoms with van der Waals surface area (Å²) < 4.78 is 5.22. The molecule has 1 aliphatic carbocycles. The van der Waals surface area contributed by atoms with Gasteiger partial charge in [-0.1, -0.05) is 18.2 Å². The number of nitriles is 1. The van der Waals surface area contributed by atoms with Gasteiger partial charge in [-0.3, -0.25) is 0 Å². The van der Waals surface area contributed by atoms with Crippen LogP contribution in [-0.2, 0) is 11.2 Å². The van der Waals surface area contributed by atoms with E-state index in [4.69, 9.17) is 9.84 Å². The van der Waals surface area contributed by atoms with Gasteiger partial charge in [0.1, 0.15) is 5.76 Å². The fraction of sp³-hybridized carbons (Fsp3) is 0.375. The molecule has 1 atom stereocenters. The van der Waals surface area contributed by atoms with E-state index in [0.29, 0.717) is 12.0 Å². The Morgan fingerprint density at radius 3 is 2.90 bits per heavy atom. The molecule has 0 aromatic heterocycles. The van der Waals surface area contributed by atoms with Crippen LogP contribution in [0.1, 0.15) is 35.2 Å². The van der Waals surface area contributed by atoms with Crippen LogP contribution in [0.4, 0.5) is 0 Å². The van der Waals surface area contributed by atoms with Crippen molar-refractivity contribution in [3.05, 3.63) is 46.7 Å². The summed E-state index contributed by atoms with van der Waals surface area (Å²) in [5, 5.41) is 18.4. The second-order valence-corrected chi connectivity index (χ2v) is 4.89. The van der Waals surface area contributed by atoms with Crippen molar-refractivity contribution in [2.24, 2.45) is 5.92 Å². The Hall–Kier alpha value is -2.28. The Morgan fingerprint density at radius 2 is 2.25 bits per heavy atom. The van der Waals surface area contributed by atoms with Crippen LogP contribution in [0.25, 0.3) is 0 Å². The molecular formula is C16H17NO3. The topological polar surface area (TPSA) is 70.3 Å². The van der Waals surface area contributed by atoms with E-state index < -0.39 is 5.97 Å². The number of methoxy groups -OCH3 is 1. The molecule has 0 saturated heterocycles. The molecular weight excluding hydrogens is 254 g/mol. The lowest BCUT2D eigenvalue weighted by Gasteiger charge is -2.11. The molecule has 0 spiro atoms. The quantitative estimate of drug-likeness (QED) is 0.893. The van der Waals surface area contributed by atoms with Crippen LogP contribution >= 0.6 is 0 Å². The second-order valence-electron chi connectivity index (χ2n) is 4.89. The van der Waals surface area contributed by atoms with Crippen LogP contribution in [0.2, 0.25) is 0 Å². The number of nitrogens with zero attached hydrogens (tertiary/aromatic N) is 1. The van der Waals surface area contributed by atoms with E-state index in [9.17, 15) is 10.1 Å². The van der Waals surface area contributed by atoms with Gasteiger partial charge in [-0.25, -0.2) is 4.79 Å². The molecule has 0 aliphatic heterocycles. The van der Waals surface area contributed by atoms with E-state index in [-0.39, 0.29) is 5.92 Å². The maximum atomic E-state index is 11.2. The summed E-state index contributed by atoms with van der Waals surface area (Å²) in [5.74, 6) is 0.0569. The zero-order valence-electron chi connectivity index (χ0n) is 11.4. The molecule has 0 bridgehead atoms. The van der Waals surface area contributed by atoms with Crippen LogP contribution in [0.15, 0.2) is 35.6 Å². The highest BCUT2D eigenvalue weighted by atomic mass is 16.5. The summed E-state index contributed by atoms with van der Waals surface area (Å²) in [6.07, 6.45) is 3.14. The number of carbonyl (C=O) groups is 1. The smallest absolute Gasteiger partial charge is 0.335 e. The van der Waals surface area contributed by atoms with Gasteiger partial charge in [0.05, 0.1) is 24.3 Å². The summed E-state index contributed by atoms with van der Waals surface area (Å²) in [6, 6.07) is 9.26. The Kier molecular flexibility index (Phi) is 4.41.